The highest BCUT2D eigenvalue weighted by molar-refractivity contribution is 5.98. The summed E-state index contributed by atoms with van der Waals surface area (Å²) in [6, 6.07) is 18.4. The number of carbonyl (C=O) groups excluding carboxylic acids is 1. The zero-order valence-electron chi connectivity index (χ0n) is 19.0. The van der Waals surface area contributed by atoms with Gasteiger partial charge in [0.1, 0.15) is 11.6 Å². The number of carbonyl (C=O) groups is 1. The van der Waals surface area contributed by atoms with Crippen LogP contribution < -0.4 is 10.6 Å². The van der Waals surface area contributed by atoms with E-state index in [0.29, 0.717) is 30.0 Å². The minimum Gasteiger partial charge on any atom is -0.365 e. The summed E-state index contributed by atoms with van der Waals surface area (Å²) in [5.41, 5.74) is 5.70. The number of benzene rings is 2. The van der Waals surface area contributed by atoms with Crippen LogP contribution in [0.25, 0.3) is 22.2 Å². The molecule has 0 saturated heterocycles. The molecule has 3 N–H and O–H groups in total. The first-order valence-electron chi connectivity index (χ1n) is 11.2. The van der Waals surface area contributed by atoms with Crippen LogP contribution >= 0.6 is 0 Å². The van der Waals surface area contributed by atoms with Crippen molar-refractivity contribution in [3.05, 3.63) is 107 Å². The normalized spacial score (nSPS) is 10.9. The Morgan fingerprint density at radius 2 is 1.77 bits per heavy atom. The minimum absolute atomic E-state index is 0.250. The van der Waals surface area contributed by atoms with Crippen LogP contribution in [0.5, 0.6) is 0 Å². The Bertz CT molecular complexity index is 1500. The van der Waals surface area contributed by atoms with Crippen molar-refractivity contribution >= 4 is 22.8 Å². The van der Waals surface area contributed by atoms with E-state index in [4.69, 9.17) is 0 Å². The number of rotatable bonds is 7. The fraction of sp³-hybridized carbons (Fsp3) is 0.111. The largest absolute Gasteiger partial charge is 0.365 e. The number of hydrogen-bond acceptors (Lipinski definition) is 5. The van der Waals surface area contributed by atoms with Crippen LogP contribution in [0.4, 0.5) is 10.2 Å². The number of amides is 1. The van der Waals surface area contributed by atoms with Gasteiger partial charge in [0.05, 0.1) is 11.8 Å². The van der Waals surface area contributed by atoms with Crippen molar-refractivity contribution in [1.82, 2.24) is 25.5 Å². The highest BCUT2D eigenvalue weighted by Gasteiger charge is 2.12. The van der Waals surface area contributed by atoms with Crippen molar-refractivity contribution in [2.75, 3.05) is 5.32 Å². The summed E-state index contributed by atoms with van der Waals surface area (Å²) in [7, 11) is 0. The molecular weight excluding hydrogens is 443 g/mol. The Kier molecular flexibility index (Phi) is 6.17. The first kappa shape index (κ1) is 22.2. The van der Waals surface area contributed by atoms with Gasteiger partial charge in [0.15, 0.2) is 5.65 Å². The first-order valence-corrected chi connectivity index (χ1v) is 11.2. The number of pyridine rings is 2. The third-order valence-electron chi connectivity index (χ3n) is 5.77. The van der Waals surface area contributed by atoms with E-state index in [1.807, 2.05) is 36.5 Å². The van der Waals surface area contributed by atoms with Crippen molar-refractivity contribution in [3.8, 4) is 11.1 Å². The summed E-state index contributed by atoms with van der Waals surface area (Å²) in [5, 5.41) is 14.0. The third kappa shape index (κ3) is 5.01. The topological polar surface area (TPSA) is 95.6 Å². The Balaban J connectivity index is 1.23. The molecule has 8 heteroatoms. The molecule has 0 aliphatic carbocycles. The average Bonchev–Trinajstić information content (AvgIpc) is 3.36. The number of hydrogen-bond donors (Lipinski definition) is 3. The van der Waals surface area contributed by atoms with Gasteiger partial charge in [0.25, 0.3) is 5.91 Å². The smallest absolute Gasteiger partial charge is 0.255 e. The van der Waals surface area contributed by atoms with Gasteiger partial charge in [0, 0.05) is 36.4 Å². The van der Waals surface area contributed by atoms with Gasteiger partial charge in [0.2, 0.25) is 0 Å². The molecule has 0 aliphatic heterocycles. The summed E-state index contributed by atoms with van der Waals surface area (Å²) in [4.78, 5) is 21.5. The number of H-pyrrole nitrogens is 1. The number of nitrogens with one attached hydrogen (secondary N) is 3. The van der Waals surface area contributed by atoms with E-state index in [2.05, 4.69) is 30.8 Å². The van der Waals surface area contributed by atoms with Crippen molar-refractivity contribution in [1.29, 1.82) is 0 Å². The van der Waals surface area contributed by atoms with Crippen LogP contribution in [-0.2, 0) is 13.1 Å². The van der Waals surface area contributed by atoms with Gasteiger partial charge in [-0.2, -0.15) is 5.10 Å². The third-order valence-corrected chi connectivity index (χ3v) is 5.77. The summed E-state index contributed by atoms with van der Waals surface area (Å²) >= 11 is 0. The average molecular weight is 467 g/mol. The molecule has 0 aliphatic rings. The van der Waals surface area contributed by atoms with E-state index < -0.39 is 0 Å². The lowest BCUT2D eigenvalue weighted by Crippen LogP contribution is -2.24. The first-order chi connectivity index (χ1) is 17.1. The summed E-state index contributed by atoms with van der Waals surface area (Å²) in [6.07, 6.45) is 5.22. The summed E-state index contributed by atoms with van der Waals surface area (Å²) in [5.74, 6) is -0.0124. The van der Waals surface area contributed by atoms with Crippen LogP contribution in [0.2, 0.25) is 0 Å². The molecule has 0 fully saturated rings. The lowest BCUT2D eigenvalue weighted by Gasteiger charge is -2.12. The molecule has 5 rings (SSSR count). The van der Waals surface area contributed by atoms with E-state index in [9.17, 15) is 9.18 Å². The maximum absolute atomic E-state index is 13.5. The lowest BCUT2D eigenvalue weighted by atomic mass is 10.0. The highest BCUT2D eigenvalue weighted by Crippen LogP contribution is 2.23. The van der Waals surface area contributed by atoms with Crippen LogP contribution in [0.15, 0.2) is 79.3 Å². The van der Waals surface area contributed by atoms with Crippen LogP contribution in [0, 0.1) is 12.7 Å². The zero-order chi connectivity index (χ0) is 24.2. The predicted molar refractivity (Wildman–Crippen MR) is 133 cm³/mol. The number of anilines is 1. The predicted octanol–water partition coefficient (Wildman–Crippen LogP) is 5.01. The van der Waals surface area contributed by atoms with Crippen molar-refractivity contribution < 1.29 is 9.18 Å². The van der Waals surface area contributed by atoms with Crippen molar-refractivity contribution in [3.63, 3.8) is 0 Å². The molecule has 0 unspecified atom stereocenters. The number of aryl methyl sites for hydroxylation is 1. The molecule has 0 radical (unpaired) electrons. The number of fused-ring (bicyclic) bond motifs is 1. The number of aromatic nitrogens is 4. The van der Waals surface area contributed by atoms with Crippen LogP contribution in [0.1, 0.15) is 27.0 Å². The zero-order valence-corrected chi connectivity index (χ0v) is 19.0. The van der Waals surface area contributed by atoms with Crippen molar-refractivity contribution in [2.24, 2.45) is 0 Å². The van der Waals surface area contributed by atoms with Gasteiger partial charge in [-0.25, -0.2) is 14.4 Å². The van der Waals surface area contributed by atoms with Gasteiger partial charge in [-0.3, -0.25) is 9.89 Å². The Labute approximate surface area is 201 Å². The molecule has 3 heterocycles. The standard InChI is InChI=1S/C27H23FN6O/c1-17-11-19(6-9-24(17)28)14-32-27(35)23-3-2-10-29-26(23)30-13-18-4-7-20(8-5-18)21-12-22-16-33-34-25(22)31-15-21/h2-12,15-16H,13-14H2,1H3,(H,29,30)(H,32,35)(H,31,33,34). The summed E-state index contributed by atoms with van der Waals surface area (Å²) < 4.78 is 13.5. The Morgan fingerprint density at radius 1 is 0.943 bits per heavy atom. The Morgan fingerprint density at radius 3 is 2.60 bits per heavy atom. The summed E-state index contributed by atoms with van der Waals surface area (Å²) in [6.45, 7) is 2.51. The van der Waals surface area contributed by atoms with Crippen LogP contribution in [0.3, 0.4) is 0 Å². The molecule has 0 bridgehead atoms. The molecule has 3 aromatic heterocycles. The SMILES string of the molecule is Cc1cc(CNC(=O)c2cccnc2NCc2ccc(-c3cnc4[nH]ncc4c3)cc2)ccc1F. The second kappa shape index (κ2) is 9.72. The fourth-order valence-electron chi connectivity index (χ4n) is 3.82. The molecule has 2 aromatic carbocycles. The fourth-order valence-corrected chi connectivity index (χ4v) is 3.82. The van der Waals surface area contributed by atoms with E-state index in [-0.39, 0.29) is 11.7 Å². The van der Waals surface area contributed by atoms with E-state index in [1.165, 1.54) is 6.07 Å². The minimum atomic E-state index is -0.262. The van der Waals surface area contributed by atoms with Crippen molar-refractivity contribution in [2.45, 2.75) is 20.0 Å². The molecule has 1 amide bonds. The lowest BCUT2D eigenvalue weighted by molar-refractivity contribution is 0.0951. The molecule has 7 nitrogen and oxygen atoms in total. The number of aromatic amines is 1. The van der Waals surface area contributed by atoms with Gasteiger partial charge in [-0.1, -0.05) is 36.4 Å². The number of nitrogens with zero attached hydrogens (tertiary/aromatic N) is 3. The molecule has 35 heavy (non-hydrogen) atoms. The van der Waals surface area contributed by atoms with E-state index >= 15 is 0 Å². The molecular formula is C27H23FN6O. The maximum atomic E-state index is 13.5. The molecule has 0 spiro atoms. The molecule has 0 saturated carbocycles. The monoisotopic (exact) mass is 466 g/mol. The Hall–Kier alpha value is -4.59. The molecule has 0 atom stereocenters. The molecule has 5 aromatic rings. The quantitative estimate of drug-likeness (QED) is 0.313. The second-order valence-corrected chi connectivity index (χ2v) is 8.25. The molecule has 174 valence electrons. The van der Waals surface area contributed by atoms with Gasteiger partial charge < -0.3 is 10.6 Å². The van der Waals surface area contributed by atoms with Crippen LogP contribution in [-0.4, -0.2) is 26.1 Å². The second-order valence-electron chi connectivity index (χ2n) is 8.25. The van der Waals surface area contributed by atoms with E-state index in [1.54, 1.807) is 43.6 Å². The van der Waals surface area contributed by atoms with Gasteiger partial charge >= 0.3 is 0 Å². The number of halogens is 1. The van der Waals surface area contributed by atoms with Gasteiger partial charge in [-0.15, -0.1) is 0 Å². The maximum Gasteiger partial charge on any atom is 0.255 e. The van der Waals surface area contributed by atoms with E-state index in [0.717, 1.165) is 33.3 Å². The highest BCUT2D eigenvalue weighted by atomic mass is 19.1. The van der Waals surface area contributed by atoms with Gasteiger partial charge in [-0.05, 0) is 53.4 Å².